The van der Waals surface area contributed by atoms with E-state index in [4.69, 9.17) is 16.2 Å². The second-order valence-corrected chi connectivity index (χ2v) is 7.28. The molecule has 4 N–H and O–H groups in total. The summed E-state index contributed by atoms with van der Waals surface area (Å²) in [6.45, 7) is 2.12. The van der Waals surface area contributed by atoms with Crippen LogP contribution in [0.1, 0.15) is 36.8 Å². The number of nitrogen functional groups attached to an aromatic ring is 1. The van der Waals surface area contributed by atoms with E-state index >= 15 is 0 Å². The van der Waals surface area contributed by atoms with Crippen molar-refractivity contribution < 1.29 is 4.74 Å². The Bertz CT molecular complexity index is 1040. The molecule has 0 saturated heterocycles. The van der Waals surface area contributed by atoms with Crippen molar-refractivity contribution in [1.82, 2.24) is 14.5 Å². The van der Waals surface area contributed by atoms with Gasteiger partial charge in [0, 0.05) is 18.3 Å². The molecule has 1 aliphatic carbocycles. The number of anilines is 1. The van der Waals surface area contributed by atoms with Crippen molar-refractivity contribution in [3.63, 3.8) is 0 Å². The first-order chi connectivity index (χ1) is 14.3. The predicted molar refractivity (Wildman–Crippen MR) is 117 cm³/mol. The van der Waals surface area contributed by atoms with Gasteiger partial charge in [0.05, 0.1) is 5.39 Å². The molecule has 6 heteroatoms. The Morgan fingerprint density at radius 1 is 1.10 bits per heavy atom. The van der Waals surface area contributed by atoms with Crippen molar-refractivity contribution in [2.24, 2.45) is 5.73 Å². The van der Waals surface area contributed by atoms with Crippen molar-refractivity contribution in [3.05, 3.63) is 71.9 Å². The molecule has 0 spiro atoms. The largest absolute Gasteiger partial charge is 0.489 e. The van der Waals surface area contributed by atoms with Gasteiger partial charge < -0.3 is 20.8 Å². The highest BCUT2D eigenvalue weighted by molar-refractivity contribution is 5.98. The molecule has 29 heavy (non-hydrogen) atoms. The van der Waals surface area contributed by atoms with E-state index in [0.717, 1.165) is 60.1 Å². The van der Waals surface area contributed by atoms with Gasteiger partial charge in [0.1, 0.15) is 30.2 Å². The summed E-state index contributed by atoms with van der Waals surface area (Å²) in [4.78, 5) is 8.73. The van der Waals surface area contributed by atoms with Gasteiger partial charge in [-0.25, -0.2) is 9.97 Å². The van der Waals surface area contributed by atoms with Crippen LogP contribution in [0.3, 0.4) is 0 Å². The highest BCUT2D eigenvalue weighted by atomic mass is 16.5. The van der Waals surface area contributed by atoms with Gasteiger partial charge in [0.15, 0.2) is 0 Å². The van der Waals surface area contributed by atoms with E-state index in [-0.39, 0.29) is 0 Å². The van der Waals surface area contributed by atoms with Gasteiger partial charge in [-0.3, -0.25) is 0 Å². The van der Waals surface area contributed by atoms with Crippen molar-refractivity contribution in [1.29, 1.82) is 0 Å². The number of aryl methyl sites for hydroxylation is 1. The van der Waals surface area contributed by atoms with Crippen LogP contribution in [-0.2, 0) is 17.9 Å². The van der Waals surface area contributed by atoms with Crippen LogP contribution in [0.25, 0.3) is 16.6 Å². The van der Waals surface area contributed by atoms with Gasteiger partial charge in [0.25, 0.3) is 0 Å². The van der Waals surface area contributed by atoms with Crippen LogP contribution in [0.4, 0.5) is 5.82 Å². The van der Waals surface area contributed by atoms with Crippen molar-refractivity contribution in [2.75, 3.05) is 12.3 Å². The lowest BCUT2D eigenvalue weighted by Crippen LogP contribution is -2.03. The topological polar surface area (TPSA) is 92.0 Å². The lowest BCUT2D eigenvalue weighted by Gasteiger charge is -2.15. The Labute approximate surface area is 170 Å². The van der Waals surface area contributed by atoms with Crippen LogP contribution in [0, 0.1) is 0 Å². The van der Waals surface area contributed by atoms with Gasteiger partial charge in [-0.05, 0) is 55.5 Å². The van der Waals surface area contributed by atoms with Gasteiger partial charge >= 0.3 is 0 Å². The molecular weight excluding hydrogens is 362 g/mol. The summed E-state index contributed by atoms with van der Waals surface area (Å²) >= 11 is 0. The van der Waals surface area contributed by atoms with Gasteiger partial charge in [-0.1, -0.05) is 30.3 Å². The molecule has 150 valence electrons. The standard InChI is InChI=1S/C23H27N5O/c24-11-4-5-12-28-14-20(21-22(25)26-16-27-23(21)28)18-9-6-10-19(13-18)29-15-17-7-2-1-3-8-17/h1-3,7-8,10,13-14,16H,4-6,9,11-12,15,24H2,(H2,25,26,27). The van der Waals surface area contributed by atoms with E-state index < -0.39 is 0 Å². The van der Waals surface area contributed by atoms with Gasteiger partial charge in [-0.15, -0.1) is 0 Å². The fourth-order valence-corrected chi connectivity index (χ4v) is 3.71. The van der Waals surface area contributed by atoms with Crippen LogP contribution in [0.2, 0.25) is 0 Å². The summed E-state index contributed by atoms with van der Waals surface area (Å²) in [5.74, 6) is 1.42. The second kappa shape index (κ2) is 8.92. The fourth-order valence-electron chi connectivity index (χ4n) is 3.71. The monoisotopic (exact) mass is 389 g/mol. The number of hydrogen-bond donors (Lipinski definition) is 2. The third-order valence-electron chi connectivity index (χ3n) is 5.21. The fraction of sp³-hybridized carbons (Fsp3) is 0.304. The zero-order valence-corrected chi connectivity index (χ0v) is 16.6. The maximum Gasteiger partial charge on any atom is 0.146 e. The maximum atomic E-state index is 6.24. The number of aromatic nitrogens is 3. The summed E-state index contributed by atoms with van der Waals surface area (Å²) in [5.41, 5.74) is 16.2. The lowest BCUT2D eigenvalue weighted by atomic mass is 9.97. The van der Waals surface area contributed by atoms with Crippen LogP contribution in [-0.4, -0.2) is 21.1 Å². The van der Waals surface area contributed by atoms with E-state index in [1.165, 1.54) is 11.9 Å². The van der Waals surface area contributed by atoms with E-state index in [1.807, 2.05) is 18.2 Å². The molecule has 0 radical (unpaired) electrons. The SMILES string of the molecule is NCCCCn1cc(C2=CC(OCc3ccccc3)=CCC2)c2c(N)ncnc21. The molecule has 2 aromatic heterocycles. The Morgan fingerprint density at radius 3 is 2.79 bits per heavy atom. The number of benzene rings is 1. The maximum absolute atomic E-state index is 6.24. The molecule has 0 amide bonds. The molecule has 6 nitrogen and oxygen atoms in total. The highest BCUT2D eigenvalue weighted by Gasteiger charge is 2.18. The molecule has 0 atom stereocenters. The minimum Gasteiger partial charge on any atom is -0.489 e. The minimum atomic E-state index is 0.518. The first-order valence-electron chi connectivity index (χ1n) is 10.1. The van der Waals surface area contributed by atoms with E-state index in [1.54, 1.807) is 0 Å². The normalized spacial score (nSPS) is 14.0. The smallest absolute Gasteiger partial charge is 0.146 e. The van der Waals surface area contributed by atoms with Gasteiger partial charge in [-0.2, -0.15) is 0 Å². The molecule has 0 saturated carbocycles. The predicted octanol–water partition coefficient (Wildman–Crippen LogP) is 4.03. The molecule has 1 aliphatic rings. The number of fused-ring (bicyclic) bond motifs is 1. The van der Waals surface area contributed by atoms with Crippen molar-refractivity contribution in [3.8, 4) is 0 Å². The van der Waals surface area contributed by atoms with Crippen LogP contribution in [0.5, 0.6) is 0 Å². The van der Waals surface area contributed by atoms with E-state index in [0.29, 0.717) is 19.0 Å². The van der Waals surface area contributed by atoms with Crippen LogP contribution in [0.15, 0.2) is 60.8 Å². The summed E-state index contributed by atoms with van der Waals surface area (Å²) in [7, 11) is 0. The average Bonchev–Trinajstić information content (AvgIpc) is 3.14. The molecule has 1 aromatic carbocycles. The number of nitrogens with two attached hydrogens (primary N) is 2. The first-order valence-corrected chi connectivity index (χ1v) is 10.1. The Hall–Kier alpha value is -3.12. The van der Waals surface area contributed by atoms with Crippen LogP contribution >= 0.6 is 0 Å². The zero-order chi connectivity index (χ0) is 20.1. The second-order valence-electron chi connectivity index (χ2n) is 7.28. The summed E-state index contributed by atoms with van der Waals surface area (Å²) in [6.07, 6.45) is 11.8. The van der Waals surface area contributed by atoms with Crippen molar-refractivity contribution >= 4 is 22.4 Å². The average molecular weight is 390 g/mol. The quantitative estimate of drug-likeness (QED) is 0.568. The molecule has 4 rings (SSSR count). The third-order valence-corrected chi connectivity index (χ3v) is 5.21. The van der Waals surface area contributed by atoms with Crippen LogP contribution < -0.4 is 11.5 Å². The number of hydrogen-bond acceptors (Lipinski definition) is 5. The number of rotatable bonds is 8. The number of unbranched alkanes of at least 4 members (excludes halogenated alkanes) is 1. The molecule has 2 heterocycles. The molecule has 0 unspecified atom stereocenters. The lowest BCUT2D eigenvalue weighted by molar-refractivity contribution is 0.209. The molecule has 0 bridgehead atoms. The number of nitrogens with zero attached hydrogens (tertiary/aromatic N) is 3. The number of ether oxygens (including phenoxy) is 1. The molecular formula is C23H27N5O. The molecule has 3 aromatic rings. The molecule has 0 aliphatic heterocycles. The summed E-state index contributed by atoms with van der Waals surface area (Å²) in [5, 5.41) is 0.927. The first kappa shape index (κ1) is 19.2. The number of allylic oxidation sites excluding steroid dienone is 3. The van der Waals surface area contributed by atoms with E-state index in [2.05, 4.69) is 45.0 Å². The third kappa shape index (κ3) is 4.32. The van der Waals surface area contributed by atoms with Gasteiger partial charge in [0.2, 0.25) is 0 Å². The Kier molecular flexibility index (Phi) is 5.91. The highest BCUT2D eigenvalue weighted by Crippen LogP contribution is 2.35. The minimum absolute atomic E-state index is 0.518. The van der Waals surface area contributed by atoms with Crippen molar-refractivity contribution in [2.45, 2.75) is 38.8 Å². The Morgan fingerprint density at radius 2 is 1.97 bits per heavy atom. The summed E-state index contributed by atoms with van der Waals surface area (Å²) < 4.78 is 8.22. The molecule has 0 fully saturated rings. The Balaban J connectivity index is 1.61. The van der Waals surface area contributed by atoms with E-state index in [9.17, 15) is 0 Å². The zero-order valence-electron chi connectivity index (χ0n) is 16.6. The summed E-state index contributed by atoms with van der Waals surface area (Å²) in [6, 6.07) is 10.2.